The number of hydrogen-bond donors (Lipinski definition) is 3. The van der Waals surface area contributed by atoms with Gasteiger partial charge in [0.25, 0.3) is 0 Å². The third-order valence-corrected chi connectivity index (χ3v) is 3.84. The Balaban J connectivity index is 1.91. The Hall–Kier alpha value is -2.45. The van der Waals surface area contributed by atoms with E-state index in [1.807, 2.05) is 0 Å². The molecule has 0 bridgehead atoms. The molecule has 1 saturated carbocycles. The fraction of sp³-hybridized carbons (Fsp3) is 0.643. The number of nitrogens with one attached hydrogen (secondary N) is 2. The Morgan fingerprint density at radius 1 is 1.39 bits per heavy atom. The molecule has 0 saturated heterocycles. The molecule has 1 fully saturated rings. The molecule has 1 aromatic heterocycles. The smallest absolute Gasteiger partial charge is 0.325 e. The second kappa shape index (κ2) is 7.70. The zero-order valence-electron chi connectivity index (χ0n) is 13.0. The van der Waals surface area contributed by atoms with E-state index in [0.29, 0.717) is 5.69 Å². The molecule has 23 heavy (non-hydrogen) atoms. The number of aromatic nitrogens is 3. The van der Waals surface area contributed by atoms with Crippen molar-refractivity contribution in [1.29, 1.82) is 0 Å². The van der Waals surface area contributed by atoms with Crippen LogP contribution in [0.5, 0.6) is 0 Å². The summed E-state index contributed by atoms with van der Waals surface area (Å²) < 4.78 is 1.19. The molecule has 3 N–H and O–H groups in total. The highest BCUT2D eigenvalue weighted by atomic mass is 16.4. The average Bonchev–Trinajstić information content (AvgIpc) is 3.12. The van der Waals surface area contributed by atoms with Crippen molar-refractivity contribution < 1.29 is 19.5 Å². The molecule has 1 aliphatic rings. The summed E-state index contributed by atoms with van der Waals surface area (Å²) in [5.41, 5.74) is 0.465. The molecule has 1 atom stereocenters. The Morgan fingerprint density at radius 3 is 2.70 bits per heavy atom. The van der Waals surface area contributed by atoms with E-state index in [2.05, 4.69) is 20.9 Å². The van der Waals surface area contributed by atoms with E-state index < -0.39 is 12.0 Å². The second-order valence-corrected chi connectivity index (χ2v) is 5.74. The number of rotatable bonds is 7. The van der Waals surface area contributed by atoms with Gasteiger partial charge in [-0.3, -0.25) is 14.4 Å². The highest BCUT2D eigenvalue weighted by Gasteiger charge is 2.31. The number of carbonyl (C=O) groups is 3. The summed E-state index contributed by atoms with van der Waals surface area (Å²) in [5.74, 6) is -1.34. The minimum absolute atomic E-state index is 0.140. The molecule has 0 aliphatic heterocycles. The lowest BCUT2D eigenvalue weighted by molar-refractivity contribution is -0.138. The zero-order chi connectivity index (χ0) is 16.8. The van der Waals surface area contributed by atoms with Gasteiger partial charge in [0.1, 0.15) is 18.3 Å². The van der Waals surface area contributed by atoms with Gasteiger partial charge in [0.15, 0.2) is 0 Å². The maximum atomic E-state index is 12.3. The lowest BCUT2D eigenvalue weighted by atomic mass is 9.97. The summed E-state index contributed by atoms with van der Waals surface area (Å²) >= 11 is 0. The van der Waals surface area contributed by atoms with Gasteiger partial charge in [-0.2, -0.15) is 0 Å². The fourth-order valence-electron chi connectivity index (χ4n) is 2.83. The Kier molecular flexibility index (Phi) is 5.67. The van der Waals surface area contributed by atoms with Crippen LogP contribution in [0.4, 0.5) is 0 Å². The van der Waals surface area contributed by atoms with Gasteiger partial charge in [0.2, 0.25) is 11.8 Å². The molecule has 1 aliphatic carbocycles. The van der Waals surface area contributed by atoms with Crippen LogP contribution in [-0.2, 0) is 27.5 Å². The minimum Gasteiger partial charge on any atom is -0.480 e. The molecule has 0 radical (unpaired) electrons. The number of aliphatic carboxylic acids is 1. The maximum absolute atomic E-state index is 12.3. The largest absolute Gasteiger partial charge is 0.480 e. The topological polar surface area (TPSA) is 126 Å². The van der Waals surface area contributed by atoms with Crippen LogP contribution in [0.3, 0.4) is 0 Å². The Labute approximate surface area is 133 Å². The highest BCUT2D eigenvalue weighted by Crippen LogP contribution is 2.27. The number of hydrogen-bond acceptors (Lipinski definition) is 5. The van der Waals surface area contributed by atoms with Crippen LogP contribution in [-0.4, -0.2) is 43.9 Å². The van der Waals surface area contributed by atoms with E-state index in [1.165, 1.54) is 17.8 Å². The molecule has 0 spiro atoms. The molecule has 1 heterocycles. The van der Waals surface area contributed by atoms with E-state index in [-0.39, 0.29) is 30.8 Å². The SMILES string of the molecule is CC(=O)NC(C(=O)NCc1cn(CC(=O)O)nn1)C1CCCC1. The predicted molar refractivity (Wildman–Crippen MR) is 79.1 cm³/mol. The number of carboxylic acids is 1. The molecule has 9 nitrogen and oxygen atoms in total. The van der Waals surface area contributed by atoms with Crippen molar-refractivity contribution in [2.75, 3.05) is 0 Å². The second-order valence-electron chi connectivity index (χ2n) is 5.74. The quantitative estimate of drug-likeness (QED) is 0.631. The van der Waals surface area contributed by atoms with Gasteiger partial charge in [-0.1, -0.05) is 18.1 Å². The summed E-state index contributed by atoms with van der Waals surface area (Å²) in [4.78, 5) is 34.3. The van der Waals surface area contributed by atoms with Gasteiger partial charge in [0, 0.05) is 6.92 Å². The predicted octanol–water partition coefficient (Wildman–Crippen LogP) is -0.326. The van der Waals surface area contributed by atoms with E-state index >= 15 is 0 Å². The normalized spacial score (nSPS) is 16.0. The maximum Gasteiger partial charge on any atom is 0.325 e. The minimum atomic E-state index is -1.02. The summed E-state index contributed by atoms with van der Waals surface area (Å²) in [6.07, 6.45) is 5.45. The molecule has 0 aromatic carbocycles. The van der Waals surface area contributed by atoms with E-state index in [0.717, 1.165) is 25.7 Å². The molecular formula is C14H21N5O4. The number of carboxylic acid groups (broad SMARTS) is 1. The van der Waals surface area contributed by atoms with Gasteiger partial charge in [0.05, 0.1) is 12.7 Å². The molecule has 126 valence electrons. The summed E-state index contributed by atoms with van der Waals surface area (Å²) in [6, 6.07) is -0.538. The van der Waals surface area contributed by atoms with Crippen molar-refractivity contribution in [3.8, 4) is 0 Å². The van der Waals surface area contributed by atoms with Crippen LogP contribution in [0.25, 0.3) is 0 Å². The van der Waals surface area contributed by atoms with Gasteiger partial charge in [-0.15, -0.1) is 5.10 Å². The Morgan fingerprint density at radius 2 is 2.09 bits per heavy atom. The van der Waals surface area contributed by atoms with Crippen LogP contribution in [0, 0.1) is 5.92 Å². The zero-order valence-corrected chi connectivity index (χ0v) is 13.0. The Bertz CT molecular complexity index is 579. The third-order valence-electron chi connectivity index (χ3n) is 3.84. The average molecular weight is 323 g/mol. The molecule has 1 unspecified atom stereocenters. The van der Waals surface area contributed by atoms with Gasteiger partial charge < -0.3 is 15.7 Å². The van der Waals surface area contributed by atoms with Crippen LogP contribution in [0.1, 0.15) is 38.3 Å². The van der Waals surface area contributed by atoms with Gasteiger partial charge in [-0.25, -0.2) is 4.68 Å². The van der Waals surface area contributed by atoms with Crippen molar-refractivity contribution in [1.82, 2.24) is 25.6 Å². The number of amides is 2. The van der Waals surface area contributed by atoms with Crippen LogP contribution in [0.2, 0.25) is 0 Å². The first-order valence-corrected chi connectivity index (χ1v) is 7.61. The van der Waals surface area contributed by atoms with Crippen molar-refractivity contribution >= 4 is 17.8 Å². The van der Waals surface area contributed by atoms with Crippen molar-refractivity contribution in [3.05, 3.63) is 11.9 Å². The molecular weight excluding hydrogens is 302 g/mol. The molecule has 2 rings (SSSR count). The fourth-order valence-corrected chi connectivity index (χ4v) is 2.83. The lowest BCUT2D eigenvalue weighted by Gasteiger charge is -2.23. The van der Waals surface area contributed by atoms with Crippen molar-refractivity contribution in [3.63, 3.8) is 0 Å². The lowest BCUT2D eigenvalue weighted by Crippen LogP contribution is -2.49. The van der Waals surface area contributed by atoms with Crippen LogP contribution >= 0.6 is 0 Å². The monoisotopic (exact) mass is 323 g/mol. The number of carbonyl (C=O) groups excluding carboxylic acids is 2. The van der Waals surface area contributed by atoms with Crippen molar-refractivity contribution in [2.24, 2.45) is 5.92 Å². The van der Waals surface area contributed by atoms with E-state index in [4.69, 9.17) is 5.11 Å². The first-order valence-electron chi connectivity index (χ1n) is 7.61. The van der Waals surface area contributed by atoms with E-state index in [1.54, 1.807) is 0 Å². The van der Waals surface area contributed by atoms with Gasteiger partial charge >= 0.3 is 5.97 Å². The van der Waals surface area contributed by atoms with E-state index in [9.17, 15) is 14.4 Å². The first kappa shape index (κ1) is 16.9. The summed E-state index contributed by atoms with van der Waals surface area (Å²) in [7, 11) is 0. The first-order chi connectivity index (χ1) is 11.0. The molecule has 9 heteroatoms. The van der Waals surface area contributed by atoms with Crippen LogP contribution < -0.4 is 10.6 Å². The standard InChI is InChI=1S/C14H21N5O4/c1-9(20)16-13(10-4-2-3-5-10)14(23)15-6-11-7-19(18-17-11)8-12(21)22/h7,10,13H,2-6,8H2,1H3,(H,15,23)(H,16,20)(H,21,22). The summed E-state index contributed by atoms with van der Waals surface area (Å²) in [6.45, 7) is 1.26. The van der Waals surface area contributed by atoms with Gasteiger partial charge in [-0.05, 0) is 18.8 Å². The molecule has 2 amide bonds. The molecule has 1 aromatic rings. The number of nitrogens with zero attached hydrogens (tertiary/aromatic N) is 3. The third kappa shape index (κ3) is 5.04. The highest BCUT2D eigenvalue weighted by molar-refractivity contribution is 5.87. The van der Waals surface area contributed by atoms with Crippen LogP contribution in [0.15, 0.2) is 6.20 Å². The van der Waals surface area contributed by atoms with Crippen molar-refractivity contribution in [2.45, 2.75) is 51.7 Å². The summed E-state index contributed by atoms with van der Waals surface area (Å²) in [5, 5.41) is 21.6.